The van der Waals surface area contributed by atoms with E-state index < -0.39 is 0 Å². The molecule has 3 N–H and O–H groups in total. The first-order chi connectivity index (χ1) is 5.16. The highest BCUT2D eigenvalue weighted by atomic mass is 32.2. The molecule has 0 spiro atoms. The highest BCUT2D eigenvalue weighted by Gasteiger charge is 1.96. The van der Waals surface area contributed by atoms with Crippen LogP contribution < -0.4 is 11.1 Å². The third kappa shape index (κ3) is 8.03. The molecule has 0 amide bonds. The van der Waals surface area contributed by atoms with Crippen molar-refractivity contribution in [2.75, 3.05) is 5.75 Å². The molecule has 0 aliphatic carbocycles. The zero-order valence-electron chi connectivity index (χ0n) is 6.42. The number of rotatable bonds is 3. The second-order valence-electron chi connectivity index (χ2n) is 1.98. The molecule has 11 heavy (non-hydrogen) atoms. The largest absolute Gasteiger partial charge is 0.376 e. The van der Waals surface area contributed by atoms with Crippen LogP contribution in [0.2, 0.25) is 0 Å². The number of nitrogens with one attached hydrogen (secondary N) is 1. The monoisotopic (exact) mass is 208 g/mol. The smallest absolute Gasteiger partial charge is 0.169 e. The second-order valence-corrected chi connectivity index (χ2v) is 4.19. The number of thioether (sulfide) groups is 1. The average molecular weight is 208 g/mol. The van der Waals surface area contributed by atoms with Crippen LogP contribution in [0.3, 0.4) is 0 Å². The summed E-state index contributed by atoms with van der Waals surface area (Å²) in [5, 5.41) is 2.95. The summed E-state index contributed by atoms with van der Waals surface area (Å²) in [6.07, 6.45) is 2.35. The third-order valence-corrected chi connectivity index (χ3v) is 2.37. The maximum atomic E-state index is 5.22. The standard InChI is InChI=1S/C6H12N2S3/c1-2-3-4-11-6(10)8-5(7)9/h2-4H2,1H3,(H3,7,8,9,10). The molecule has 0 unspecified atom stereocenters. The van der Waals surface area contributed by atoms with E-state index in [9.17, 15) is 0 Å². The zero-order valence-corrected chi connectivity index (χ0v) is 8.87. The highest BCUT2D eigenvalue weighted by molar-refractivity contribution is 8.23. The number of hydrogen-bond acceptors (Lipinski definition) is 3. The van der Waals surface area contributed by atoms with Crippen molar-refractivity contribution >= 4 is 45.6 Å². The Labute approximate surface area is 82.3 Å². The van der Waals surface area contributed by atoms with Crippen molar-refractivity contribution < 1.29 is 0 Å². The summed E-state index contributed by atoms with van der Waals surface area (Å²) in [6.45, 7) is 2.14. The Morgan fingerprint density at radius 3 is 2.64 bits per heavy atom. The van der Waals surface area contributed by atoms with Crippen LogP contribution in [0.1, 0.15) is 19.8 Å². The van der Waals surface area contributed by atoms with Crippen molar-refractivity contribution in [3.63, 3.8) is 0 Å². The van der Waals surface area contributed by atoms with Gasteiger partial charge in [0, 0.05) is 5.75 Å². The van der Waals surface area contributed by atoms with E-state index in [1.807, 2.05) is 0 Å². The number of unbranched alkanes of at least 4 members (excludes halogenated alkanes) is 1. The summed E-state index contributed by atoms with van der Waals surface area (Å²) in [5.74, 6) is 1.03. The van der Waals surface area contributed by atoms with Gasteiger partial charge in [-0.2, -0.15) is 0 Å². The Bertz CT molecular complexity index is 147. The Balaban J connectivity index is 3.30. The van der Waals surface area contributed by atoms with Crippen LogP contribution in [0.4, 0.5) is 0 Å². The van der Waals surface area contributed by atoms with Crippen molar-refractivity contribution in [2.45, 2.75) is 19.8 Å². The molecule has 0 aromatic rings. The molecule has 0 aromatic carbocycles. The lowest BCUT2D eigenvalue weighted by molar-refractivity contribution is 0.898. The molecular formula is C6H12N2S3. The van der Waals surface area contributed by atoms with Gasteiger partial charge in [-0.25, -0.2) is 0 Å². The molecule has 0 bridgehead atoms. The van der Waals surface area contributed by atoms with E-state index in [-0.39, 0.29) is 5.11 Å². The van der Waals surface area contributed by atoms with Gasteiger partial charge >= 0.3 is 0 Å². The molecule has 0 aliphatic heterocycles. The Kier molecular flexibility index (Phi) is 6.90. The summed E-state index contributed by atoms with van der Waals surface area (Å²) in [6, 6.07) is 0. The summed E-state index contributed by atoms with van der Waals surface area (Å²) in [4.78, 5) is 0. The molecule has 0 aliphatic rings. The van der Waals surface area contributed by atoms with Crippen LogP contribution in [0.25, 0.3) is 0 Å². The van der Waals surface area contributed by atoms with Gasteiger partial charge in [-0.05, 0) is 18.6 Å². The van der Waals surface area contributed by atoms with E-state index in [0.29, 0.717) is 4.32 Å². The minimum absolute atomic E-state index is 0.249. The molecule has 0 radical (unpaired) electrons. The molecule has 2 nitrogen and oxygen atoms in total. The van der Waals surface area contributed by atoms with Crippen LogP contribution in [-0.4, -0.2) is 15.2 Å². The zero-order chi connectivity index (χ0) is 8.69. The Morgan fingerprint density at radius 2 is 2.18 bits per heavy atom. The number of hydrogen-bond donors (Lipinski definition) is 2. The van der Waals surface area contributed by atoms with Gasteiger partial charge < -0.3 is 11.1 Å². The molecule has 0 heterocycles. The van der Waals surface area contributed by atoms with E-state index in [1.165, 1.54) is 12.8 Å². The van der Waals surface area contributed by atoms with Gasteiger partial charge in [-0.15, -0.1) is 0 Å². The fourth-order valence-corrected chi connectivity index (χ4v) is 1.84. The van der Waals surface area contributed by atoms with E-state index in [0.717, 1.165) is 5.75 Å². The molecule has 5 heteroatoms. The summed E-state index contributed by atoms with van der Waals surface area (Å²) < 4.78 is 0.672. The SMILES string of the molecule is CCCCSC(=S)NC(N)=S. The van der Waals surface area contributed by atoms with Gasteiger partial charge in [0.05, 0.1) is 0 Å². The maximum absolute atomic E-state index is 5.22. The minimum Gasteiger partial charge on any atom is -0.376 e. The molecular weight excluding hydrogens is 196 g/mol. The first-order valence-electron chi connectivity index (χ1n) is 3.40. The van der Waals surface area contributed by atoms with E-state index in [4.69, 9.17) is 18.0 Å². The maximum Gasteiger partial charge on any atom is 0.169 e. The molecule has 0 atom stereocenters. The van der Waals surface area contributed by atoms with Crippen LogP contribution in [0, 0.1) is 0 Å². The normalized spacial score (nSPS) is 9.18. The lowest BCUT2D eigenvalue weighted by Crippen LogP contribution is -2.31. The Morgan fingerprint density at radius 1 is 1.55 bits per heavy atom. The van der Waals surface area contributed by atoms with Crippen molar-refractivity contribution in [2.24, 2.45) is 5.73 Å². The van der Waals surface area contributed by atoms with E-state index in [2.05, 4.69) is 24.5 Å². The molecule has 0 saturated heterocycles. The molecule has 0 saturated carbocycles. The lowest BCUT2D eigenvalue weighted by Gasteiger charge is -2.03. The Hall–Kier alpha value is 0.130. The number of nitrogens with two attached hydrogens (primary N) is 1. The van der Waals surface area contributed by atoms with Crippen molar-refractivity contribution in [1.82, 2.24) is 5.32 Å². The fraction of sp³-hybridized carbons (Fsp3) is 0.667. The van der Waals surface area contributed by atoms with Crippen LogP contribution in [0.15, 0.2) is 0 Å². The minimum atomic E-state index is 0.249. The van der Waals surface area contributed by atoms with Crippen LogP contribution in [-0.2, 0) is 0 Å². The van der Waals surface area contributed by atoms with Crippen molar-refractivity contribution in [3.05, 3.63) is 0 Å². The predicted molar refractivity (Wildman–Crippen MR) is 59.9 cm³/mol. The van der Waals surface area contributed by atoms with Gasteiger partial charge in [-0.3, -0.25) is 0 Å². The highest BCUT2D eigenvalue weighted by Crippen LogP contribution is 2.05. The van der Waals surface area contributed by atoms with Crippen LogP contribution >= 0.6 is 36.2 Å². The van der Waals surface area contributed by atoms with Gasteiger partial charge in [0.2, 0.25) is 0 Å². The fourth-order valence-electron chi connectivity index (χ4n) is 0.446. The van der Waals surface area contributed by atoms with Gasteiger partial charge in [0.25, 0.3) is 0 Å². The molecule has 0 rings (SSSR count). The van der Waals surface area contributed by atoms with Gasteiger partial charge in [0.15, 0.2) is 5.11 Å². The predicted octanol–water partition coefficient (Wildman–Crippen LogP) is 1.64. The summed E-state index contributed by atoms with van der Waals surface area (Å²) >= 11 is 11.1. The first-order valence-corrected chi connectivity index (χ1v) is 5.20. The van der Waals surface area contributed by atoms with Gasteiger partial charge in [-0.1, -0.05) is 37.3 Å². The summed E-state index contributed by atoms with van der Waals surface area (Å²) in [7, 11) is 0. The molecule has 0 aromatic heterocycles. The van der Waals surface area contributed by atoms with Crippen molar-refractivity contribution in [3.8, 4) is 0 Å². The van der Waals surface area contributed by atoms with Gasteiger partial charge in [0.1, 0.15) is 4.32 Å². The quantitative estimate of drug-likeness (QED) is 0.545. The second kappa shape index (κ2) is 6.82. The third-order valence-electron chi connectivity index (χ3n) is 0.956. The lowest BCUT2D eigenvalue weighted by atomic mass is 10.4. The topological polar surface area (TPSA) is 38.0 Å². The first kappa shape index (κ1) is 11.1. The number of thiocarbonyl (C=S) groups is 2. The molecule has 0 fully saturated rings. The van der Waals surface area contributed by atoms with Crippen LogP contribution in [0.5, 0.6) is 0 Å². The van der Waals surface area contributed by atoms with Crippen molar-refractivity contribution in [1.29, 1.82) is 0 Å². The van der Waals surface area contributed by atoms with E-state index >= 15 is 0 Å². The molecule has 64 valence electrons. The average Bonchev–Trinajstić information content (AvgIpc) is 1.86. The van der Waals surface area contributed by atoms with E-state index in [1.54, 1.807) is 11.8 Å². The summed E-state index contributed by atoms with van der Waals surface area (Å²) in [5.41, 5.74) is 5.22.